The lowest BCUT2D eigenvalue weighted by atomic mass is 9.94. The molecule has 0 saturated heterocycles. The van der Waals surface area contributed by atoms with E-state index in [1.807, 2.05) is 0 Å². The summed E-state index contributed by atoms with van der Waals surface area (Å²) in [5, 5.41) is 9.04. The zero-order chi connectivity index (χ0) is 12.1. The van der Waals surface area contributed by atoms with Gasteiger partial charge in [0.05, 0.1) is 11.5 Å². The van der Waals surface area contributed by atoms with Gasteiger partial charge >= 0.3 is 0 Å². The average molecular weight is 233 g/mol. The molecule has 2 aliphatic rings. The van der Waals surface area contributed by atoms with E-state index in [0.29, 0.717) is 12.8 Å². The number of nitriles is 1. The van der Waals surface area contributed by atoms with Crippen molar-refractivity contribution in [2.75, 3.05) is 0 Å². The van der Waals surface area contributed by atoms with E-state index >= 15 is 0 Å². The van der Waals surface area contributed by atoms with Crippen molar-refractivity contribution in [2.24, 2.45) is 5.92 Å². The zero-order valence-corrected chi connectivity index (χ0v) is 9.42. The van der Waals surface area contributed by atoms with Crippen molar-refractivity contribution in [3.63, 3.8) is 0 Å². The summed E-state index contributed by atoms with van der Waals surface area (Å²) in [6.45, 7) is 0. The van der Waals surface area contributed by atoms with E-state index in [9.17, 15) is 8.78 Å². The summed E-state index contributed by atoms with van der Waals surface area (Å²) >= 11 is 0. The van der Waals surface area contributed by atoms with Crippen LogP contribution in [0.3, 0.4) is 0 Å². The minimum absolute atomic E-state index is 0.0949. The summed E-state index contributed by atoms with van der Waals surface area (Å²) in [7, 11) is 0. The van der Waals surface area contributed by atoms with Crippen LogP contribution in [0, 0.1) is 17.2 Å². The van der Waals surface area contributed by atoms with Gasteiger partial charge in [0.2, 0.25) is 0 Å². The van der Waals surface area contributed by atoms with Crippen molar-refractivity contribution in [1.29, 1.82) is 5.26 Å². The van der Waals surface area contributed by atoms with Gasteiger partial charge in [-0.2, -0.15) is 5.26 Å². The molecule has 0 amide bonds. The highest BCUT2D eigenvalue weighted by molar-refractivity contribution is 5.40. The fraction of sp³-hybridized carbons (Fsp3) is 0.500. The summed E-state index contributed by atoms with van der Waals surface area (Å²) in [6, 6.07) is 8.65. The smallest absolute Gasteiger partial charge is 0.201 e. The first-order valence-corrected chi connectivity index (χ1v) is 5.99. The van der Waals surface area contributed by atoms with Gasteiger partial charge in [0, 0.05) is 11.5 Å². The normalized spacial score (nSPS) is 21.9. The van der Waals surface area contributed by atoms with Gasteiger partial charge in [-0.3, -0.25) is 0 Å². The maximum Gasteiger partial charge on any atom is 0.276 e. The van der Waals surface area contributed by atoms with E-state index in [-0.39, 0.29) is 11.0 Å². The largest absolute Gasteiger partial charge is 0.276 e. The van der Waals surface area contributed by atoms with Crippen LogP contribution in [0.25, 0.3) is 0 Å². The molecule has 0 radical (unpaired) electrons. The second kappa shape index (κ2) is 3.29. The predicted molar refractivity (Wildman–Crippen MR) is 59.6 cm³/mol. The molecule has 3 heteroatoms. The van der Waals surface area contributed by atoms with Crippen LogP contribution in [0.2, 0.25) is 0 Å². The first kappa shape index (κ1) is 10.7. The highest BCUT2D eigenvalue weighted by Gasteiger charge is 2.49. The number of nitrogens with zero attached hydrogens (tertiary/aromatic N) is 1. The Morgan fingerprint density at radius 2 is 1.76 bits per heavy atom. The maximum atomic E-state index is 13.8. The fourth-order valence-corrected chi connectivity index (χ4v) is 2.28. The van der Waals surface area contributed by atoms with Crippen LogP contribution in [-0.4, -0.2) is 0 Å². The van der Waals surface area contributed by atoms with Gasteiger partial charge in [-0.05, 0) is 31.2 Å². The zero-order valence-electron chi connectivity index (χ0n) is 9.42. The molecular weight excluding hydrogens is 220 g/mol. The van der Waals surface area contributed by atoms with Gasteiger partial charge in [0.1, 0.15) is 0 Å². The molecule has 0 atom stereocenters. The minimum atomic E-state index is -2.69. The van der Waals surface area contributed by atoms with Crippen molar-refractivity contribution < 1.29 is 8.78 Å². The van der Waals surface area contributed by atoms with E-state index < -0.39 is 11.8 Å². The van der Waals surface area contributed by atoms with E-state index in [4.69, 9.17) is 5.26 Å². The highest BCUT2D eigenvalue weighted by atomic mass is 19.3. The number of benzene rings is 1. The Labute approximate surface area is 99.1 Å². The van der Waals surface area contributed by atoms with Crippen LogP contribution in [0.5, 0.6) is 0 Å². The van der Waals surface area contributed by atoms with Gasteiger partial charge in [-0.25, -0.2) is 8.78 Å². The monoisotopic (exact) mass is 233 g/mol. The lowest BCUT2D eigenvalue weighted by Gasteiger charge is -2.16. The lowest BCUT2D eigenvalue weighted by Crippen LogP contribution is -2.16. The number of hydrogen-bond donors (Lipinski definition) is 0. The Morgan fingerprint density at radius 1 is 1.18 bits per heavy atom. The molecular formula is C14H13F2N. The summed E-state index contributed by atoms with van der Waals surface area (Å²) in [5.41, 5.74) is 0.598. The van der Waals surface area contributed by atoms with Gasteiger partial charge in [-0.1, -0.05) is 24.3 Å². The molecule has 3 rings (SSSR count). The molecule has 2 saturated carbocycles. The average Bonchev–Trinajstić information content (AvgIpc) is 3.20. The van der Waals surface area contributed by atoms with Crippen LogP contribution in [0.1, 0.15) is 36.8 Å². The molecule has 0 unspecified atom stereocenters. The summed E-state index contributed by atoms with van der Waals surface area (Å²) < 4.78 is 27.6. The van der Waals surface area contributed by atoms with Gasteiger partial charge in [-0.15, -0.1) is 0 Å². The lowest BCUT2D eigenvalue weighted by molar-refractivity contribution is -0.0285. The molecule has 0 heterocycles. The molecule has 0 spiro atoms. The fourth-order valence-electron chi connectivity index (χ4n) is 2.28. The van der Waals surface area contributed by atoms with E-state index in [0.717, 1.165) is 18.4 Å². The molecule has 2 aliphatic carbocycles. The number of hydrogen-bond acceptors (Lipinski definition) is 1. The number of rotatable bonds is 3. The second-order valence-corrected chi connectivity index (χ2v) is 5.17. The molecule has 2 fully saturated rings. The Bertz CT molecular complexity index is 476. The first-order valence-electron chi connectivity index (χ1n) is 5.99. The van der Waals surface area contributed by atoms with Gasteiger partial charge < -0.3 is 0 Å². The van der Waals surface area contributed by atoms with E-state index in [1.54, 1.807) is 12.1 Å². The number of alkyl halides is 2. The van der Waals surface area contributed by atoms with Crippen molar-refractivity contribution in [1.82, 2.24) is 0 Å². The third-order valence-electron chi connectivity index (χ3n) is 3.88. The summed E-state index contributed by atoms with van der Waals surface area (Å²) in [6.07, 6.45) is 2.94. The predicted octanol–water partition coefficient (Wildman–Crippen LogP) is 3.74. The quantitative estimate of drug-likeness (QED) is 0.780. The molecule has 1 aromatic carbocycles. The van der Waals surface area contributed by atoms with Crippen molar-refractivity contribution in [2.45, 2.75) is 37.0 Å². The van der Waals surface area contributed by atoms with Crippen LogP contribution < -0.4 is 0 Å². The van der Waals surface area contributed by atoms with Crippen LogP contribution >= 0.6 is 0 Å². The third-order valence-corrected chi connectivity index (χ3v) is 3.88. The maximum absolute atomic E-state index is 13.8. The van der Waals surface area contributed by atoms with Crippen molar-refractivity contribution in [3.05, 3.63) is 35.4 Å². The van der Waals surface area contributed by atoms with E-state index in [1.165, 1.54) is 12.1 Å². The molecule has 0 aromatic heterocycles. The van der Waals surface area contributed by atoms with Crippen molar-refractivity contribution >= 4 is 0 Å². The first-order chi connectivity index (χ1) is 8.08. The van der Waals surface area contributed by atoms with Gasteiger partial charge in [0.15, 0.2) is 0 Å². The van der Waals surface area contributed by atoms with Crippen LogP contribution in [0.4, 0.5) is 8.78 Å². The summed E-state index contributed by atoms with van der Waals surface area (Å²) in [4.78, 5) is 0. The standard InChI is InChI=1S/C14H13F2N/c15-14(16,12-5-6-12)11-3-1-10(2-4-11)13(9-17)7-8-13/h1-4,12H,5-8H2. The molecule has 0 bridgehead atoms. The molecule has 1 aromatic rings. The Morgan fingerprint density at radius 3 is 2.18 bits per heavy atom. The number of halogens is 2. The second-order valence-electron chi connectivity index (χ2n) is 5.17. The Hall–Kier alpha value is -1.43. The van der Waals surface area contributed by atoms with Crippen molar-refractivity contribution in [3.8, 4) is 6.07 Å². The molecule has 0 aliphatic heterocycles. The highest BCUT2D eigenvalue weighted by Crippen LogP contribution is 2.51. The van der Waals surface area contributed by atoms with Gasteiger partial charge in [0.25, 0.3) is 5.92 Å². The topological polar surface area (TPSA) is 23.8 Å². The Kier molecular flexibility index (Phi) is 2.07. The molecule has 0 N–H and O–H groups in total. The van der Waals surface area contributed by atoms with E-state index in [2.05, 4.69) is 6.07 Å². The SMILES string of the molecule is N#CC1(c2ccc(C(F)(F)C3CC3)cc2)CC1. The molecule has 17 heavy (non-hydrogen) atoms. The summed E-state index contributed by atoms with van der Waals surface area (Å²) in [5.74, 6) is -3.17. The van der Waals surface area contributed by atoms with Crippen LogP contribution in [-0.2, 0) is 11.3 Å². The third kappa shape index (κ3) is 1.63. The molecule has 88 valence electrons. The molecule has 1 nitrogen and oxygen atoms in total. The Balaban J connectivity index is 1.88. The van der Waals surface area contributed by atoms with Crippen LogP contribution in [0.15, 0.2) is 24.3 Å². The minimum Gasteiger partial charge on any atom is -0.201 e.